The third-order valence-electron chi connectivity index (χ3n) is 3.06. The van der Waals surface area contributed by atoms with Crippen molar-refractivity contribution in [1.29, 1.82) is 0 Å². The molecule has 2 nitrogen and oxygen atoms in total. The van der Waals surface area contributed by atoms with E-state index in [4.69, 9.17) is 5.73 Å². The van der Waals surface area contributed by atoms with E-state index in [9.17, 15) is 4.39 Å². The summed E-state index contributed by atoms with van der Waals surface area (Å²) in [5, 5.41) is 0. The van der Waals surface area contributed by atoms with Crippen molar-refractivity contribution in [3.05, 3.63) is 95.7 Å². The van der Waals surface area contributed by atoms with Gasteiger partial charge in [-0.05, 0) is 67.9 Å². The normalized spacial score (nSPS) is 10.0. The number of allylic oxidation sites excluding steroid dienone is 3. The molecule has 0 aliphatic heterocycles. The van der Waals surface area contributed by atoms with Crippen molar-refractivity contribution in [1.82, 2.24) is 4.98 Å². The molecular formula is C23H27FN2. The van der Waals surface area contributed by atoms with E-state index in [-0.39, 0.29) is 5.82 Å². The third kappa shape index (κ3) is 10.6. The zero-order valence-electron chi connectivity index (χ0n) is 15.7. The molecule has 0 aliphatic rings. The molecule has 0 unspecified atom stereocenters. The van der Waals surface area contributed by atoms with Gasteiger partial charge in [-0.15, -0.1) is 18.9 Å². The van der Waals surface area contributed by atoms with E-state index < -0.39 is 0 Å². The Balaban J connectivity index is 0.000000446. The molecule has 0 saturated heterocycles. The lowest BCUT2D eigenvalue weighted by Crippen LogP contribution is -1.83. The monoisotopic (exact) mass is 350 g/mol. The molecular weight excluding hydrogens is 323 g/mol. The summed E-state index contributed by atoms with van der Waals surface area (Å²) in [5.74, 6) is 2.08. The first kappa shape index (κ1) is 22.9. The Labute approximate surface area is 157 Å². The average Bonchev–Trinajstić information content (AvgIpc) is 2.65. The van der Waals surface area contributed by atoms with E-state index in [0.717, 1.165) is 23.3 Å². The van der Waals surface area contributed by atoms with Crippen LogP contribution >= 0.6 is 0 Å². The van der Waals surface area contributed by atoms with Gasteiger partial charge in [-0.1, -0.05) is 30.4 Å². The van der Waals surface area contributed by atoms with Crippen molar-refractivity contribution in [2.24, 2.45) is 5.73 Å². The highest BCUT2D eigenvalue weighted by molar-refractivity contribution is 5.53. The molecule has 26 heavy (non-hydrogen) atoms. The second-order valence-corrected chi connectivity index (χ2v) is 5.36. The molecule has 2 rings (SSSR count). The standard InChI is InChI=1S/C12H14FN.C8H9N.C3H4/c1-9(8-14)3-4-11-5-6-12(13)10(2)7-11;1-2-5-8-6-3-4-7-9-8;1-3-2/h3-8H,14H2,1-2H3;2-4,6-7H,1,5H2;1H,2H3/b4-3-,9-8+;;. The zero-order valence-corrected chi connectivity index (χ0v) is 15.7. The molecule has 0 spiro atoms. The van der Waals surface area contributed by atoms with Crippen molar-refractivity contribution in [2.45, 2.75) is 27.2 Å². The van der Waals surface area contributed by atoms with Gasteiger partial charge in [-0.2, -0.15) is 0 Å². The lowest BCUT2D eigenvalue weighted by atomic mass is 10.1. The van der Waals surface area contributed by atoms with Gasteiger partial charge < -0.3 is 5.73 Å². The Bertz CT molecular complexity index is 754. The molecule has 0 fully saturated rings. The number of pyridine rings is 1. The fraction of sp³-hybridized carbons (Fsp3) is 0.174. The van der Waals surface area contributed by atoms with Crippen molar-refractivity contribution in [3.8, 4) is 12.3 Å². The van der Waals surface area contributed by atoms with E-state index in [2.05, 4.69) is 23.9 Å². The van der Waals surface area contributed by atoms with Gasteiger partial charge in [0.1, 0.15) is 5.82 Å². The van der Waals surface area contributed by atoms with Gasteiger partial charge in [0, 0.05) is 18.3 Å². The number of nitrogens with two attached hydrogens (primary N) is 1. The van der Waals surface area contributed by atoms with E-state index in [0.29, 0.717) is 5.56 Å². The SMILES string of the molecule is C#CC.C=CCc1ccccn1.CC(/C=C\c1ccc(F)c(C)c1)=C\N. The van der Waals surface area contributed by atoms with Gasteiger partial charge in [0.05, 0.1) is 0 Å². The minimum atomic E-state index is -0.173. The Morgan fingerprint density at radius 2 is 2.04 bits per heavy atom. The number of nitrogens with zero attached hydrogens (tertiary/aromatic N) is 1. The maximum absolute atomic E-state index is 12.9. The molecule has 0 aliphatic carbocycles. The van der Waals surface area contributed by atoms with Crippen LogP contribution in [0.2, 0.25) is 0 Å². The number of rotatable bonds is 4. The number of aromatic nitrogens is 1. The van der Waals surface area contributed by atoms with Crippen LogP contribution in [-0.4, -0.2) is 4.98 Å². The molecule has 1 aromatic heterocycles. The highest BCUT2D eigenvalue weighted by Gasteiger charge is 1.95. The Morgan fingerprint density at radius 1 is 1.35 bits per heavy atom. The molecule has 0 bridgehead atoms. The fourth-order valence-corrected chi connectivity index (χ4v) is 1.72. The summed E-state index contributed by atoms with van der Waals surface area (Å²) in [6, 6.07) is 10.9. The van der Waals surface area contributed by atoms with Crippen molar-refractivity contribution in [3.63, 3.8) is 0 Å². The van der Waals surface area contributed by atoms with Crippen LogP contribution in [0.1, 0.15) is 30.7 Å². The third-order valence-corrected chi connectivity index (χ3v) is 3.06. The average molecular weight is 350 g/mol. The van der Waals surface area contributed by atoms with E-state index in [1.807, 2.05) is 43.4 Å². The van der Waals surface area contributed by atoms with Crippen LogP contribution < -0.4 is 5.73 Å². The van der Waals surface area contributed by atoms with Crippen LogP contribution in [0.3, 0.4) is 0 Å². The molecule has 0 atom stereocenters. The number of hydrogen-bond acceptors (Lipinski definition) is 2. The molecule has 0 saturated carbocycles. The molecule has 0 radical (unpaired) electrons. The first-order chi connectivity index (χ1) is 12.5. The van der Waals surface area contributed by atoms with Crippen molar-refractivity contribution < 1.29 is 4.39 Å². The minimum absolute atomic E-state index is 0.173. The summed E-state index contributed by atoms with van der Waals surface area (Å²) in [6.45, 7) is 8.93. The van der Waals surface area contributed by atoms with Gasteiger partial charge in [0.15, 0.2) is 0 Å². The summed E-state index contributed by atoms with van der Waals surface area (Å²) in [7, 11) is 0. The summed E-state index contributed by atoms with van der Waals surface area (Å²) < 4.78 is 12.9. The molecule has 136 valence electrons. The first-order valence-corrected chi connectivity index (χ1v) is 8.19. The smallest absolute Gasteiger partial charge is 0.126 e. The van der Waals surface area contributed by atoms with Crippen molar-refractivity contribution in [2.75, 3.05) is 0 Å². The molecule has 3 heteroatoms. The topological polar surface area (TPSA) is 38.9 Å². The predicted octanol–water partition coefficient (Wildman–Crippen LogP) is 5.46. The molecule has 2 N–H and O–H groups in total. The number of halogens is 1. The number of hydrogen-bond donors (Lipinski definition) is 1. The number of aryl methyl sites for hydroxylation is 1. The van der Waals surface area contributed by atoms with Gasteiger partial charge in [0.2, 0.25) is 0 Å². The molecule has 1 heterocycles. The summed E-state index contributed by atoms with van der Waals surface area (Å²) in [6.07, 6.45) is 14.4. The fourth-order valence-electron chi connectivity index (χ4n) is 1.72. The second kappa shape index (κ2) is 14.2. The van der Waals surface area contributed by atoms with Crippen LogP contribution in [0.15, 0.2) is 73.1 Å². The number of terminal acetylenes is 1. The predicted molar refractivity (Wildman–Crippen MR) is 111 cm³/mol. The largest absolute Gasteiger partial charge is 0.404 e. The molecule has 0 amide bonds. The molecule has 2 aromatic rings. The first-order valence-electron chi connectivity index (χ1n) is 8.19. The van der Waals surface area contributed by atoms with Gasteiger partial charge in [-0.3, -0.25) is 4.98 Å². The van der Waals surface area contributed by atoms with Crippen molar-refractivity contribution >= 4 is 6.08 Å². The quantitative estimate of drug-likeness (QED) is 0.452. The zero-order chi connectivity index (χ0) is 19.8. The van der Waals surface area contributed by atoms with Gasteiger partial charge in [-0.25, -0.2) is 4.39 Å². The highest BCUT2D eigenvalue weighted by atomic mass is 19.1. The highest BCUT2D eigenvalue weighted by Crippen LogP contribution is 2.11. The maximum Gasteiger partial charge on any atom is 0.126 e. The summed E-state index contributed by atoms with van der Waals surface area (Å²) in [5.41, 5.74) is 9.00. The number of benzene rings is 1. The Morgan fingerprint density at radius 3 is 2.54 bits per heavy atom. The lowest BCUT2D eigenvalue weighted by Gasteiger charge is -1.98. The Kier molecular flexibility index (Phi) is 12.5. The summed E-state index contributed by atoms with van der Waals surface area (Å²) >= 11 is 0. The van der Waals surface area contributed by atoms with Crippen LogP contribution in [0, 0.1) is 25.1 Å². The maximum atomic E-state index is 12.9. The van der Waals surface area contributed by atoms with Crippen LogP contribution in [0.4, 0.5) is 4.39 Å². The van der Waals surface area contributed by atoms with Gasteiger partial charge >= 0.3 is 0 Å². The molecule has 1 aromatic carbocycles. The van der Waals surface area contributed by atoms with Crippen LogP contribution in [0.5, 0.6) is 0 Å². The van der Waals surface area contributed by atoms with E-state index in [1.54, 1.807) is 32.2 Å². The Hall–Kier alpha value is -3.12. The lowest BCUT2D eigenvalue weighted by molar-refractivity contribution is 0.618. The summed E-state index contributed by atoms with van der Waals surface area (Å²) in [4.78, 5) is 4.10. The van der Waals surface area contributed by atoms with E-state index in [1.165, 1.54) is 12.3 Å². The van der Waals surface area contributed by atoms with Crippen LogP contribution in [-0.2, 0) is 6.42 Å². The van der Waals surface area contributed by atoms with E-state index >= 15 is 0 Å². The van der Waals surface area contributed by atoms with Crippen LogP contribution in [0.25, 0.3) is 6.08 Å². The minimum Gasteiger partial charge on any atom is -0.404 e. The van der Waals surface area contributed by atoms with Gasteiger partial charge in [0.25, 0.3) is 0 Å². The second-order valence-electron chi connectivity index (χ2n) is 5.36.